The molecule has 1 atom stereocenters. The van der Waals surface area contributed by atoms with Crippen LogP contribution in [0, 0.1) is 12.7 Å². The van der Waals surface area contributed by atoms with Gasteiger partial charge in [-0.25, -0.2) is 9.37 Å². The summed E-state index contributed by atoms with van der Waals surface area (Å²) in [6, 6.07) is 10.8. The van der Waals surface area contributed by atoms with E-state index in [-0.39, 0.29) is 24.1 Å². The molecule has 0 bridgehead atoms. The quantitative estimate of drug-likeness (QED) is 0.518. The van der Waals surface area contributed by atoms with Crippen LogP contribution < -0.4 is 15.4 Å². The molecule has 8 nitrogen and oxygen atoms in total. The summed E-state index contributed by atoms with van der Waals surface area (Å²) in [4.78, 5) is 28.3. The van der Waals surface area contributed by atoms with Gasteiger partial charge in [0.1, 0.15) is 17.3 Å². The highest BCUT2D eigenvalue weighted by Gasteiger charge is 2.16. The number of hydrogen-bond donors (Lipinski definition) is 2. The number of aromatic nitrogens is 2. The molecule has 1 aromatic carbocycles. The van der Waals surface area contributed by atoms with Gasteiger partial charge in [0.05, 0.1) is 11.0 Å². The highest BCUT2D eigenvalue weighted by molar-refractivity contribution is 8.01. The molecule has 0 radical (unpaired) electrons. The molecule has 0 spiro atoms. The van der Waals surface area contributed by atoms with Crippen LogP contribution in [-0.4, -0.2) is 33.0 Å². The van der Waals surface area contributed by atoms with Gasteiger partial charge < -0.3 is 19.9 Å². The van der Waals surface area contributed by atoms with Crippen LogP contribution in [0.5, 0.6) is 11.6 Å². The number of benzene rings is 1. The summed E-state index contributed by atoms with van der Waals surface area (Å²) in [6.45, 7) is 3.72. The lowest BCUT2D eigenvalue weighted by molar-refractivity contribution is -0.118. The summed E-state index contributed by atoms with van der Waals surface area (Å²) in [5.41, 5.74) is 0.775. The van der Waals surface area contributed by atoms with E-state index in [0.717, 1.165) is 5.56 Å². The van der Waals surface area contributed by atoms with E-state index >= 15 is 0 Å². The maximum absolute atomic E-state index is 13.2. The van der Waals surface area contributed by atoms with Crippen molar-refractivity contribution in [3.8, 4) is 11.6 Å². The Balaban J connectivity index is 1.39. The van der Waals surface area contributed by atoms with Crippen molar-refractivity contribution in [3.63, 3.8) is 0 Å². The van der Waals surface area contributed by atoms with Gasteiger partial charge in [0, 0.05) is 30.9 Å². The Morgan fingerprint density at radius 3 is 2.77 bits per heavy atom. The Hall–Kier alpha value is -3.40. The molecule has 2 heterocycles. The molecular formula is C21H21FN4O4S. The lowest BCUT2D eigenvalue weighted by atomic mass is 10.3. The van der Waals surface area contributed by atoms with Gasteiger partial charge in [-0.1, -0.05) is 17.3 Å². The Kier molecular flexibility index (Phi) is 7.60. The number of carbonyl (C=O) groups excluding carboxylic acids is 2. The number of rotatable bonds is 9. The minimum Gasteiger partial charge on any atom is -0.439 e. The number of nitrogens with zero attached hydrogens (tertiary/aromatic N) is 2. The summed E-state index contributed by atoms with van der Waals surface area (Å²) in [7, 11) is 0. The van der Waals surface area contributed by atoms with Crippen molar-refractivity contribution in [2.75, 3.05) is 11.1 Å². The summed E-state index contributed by atoms with van der Waals surface area (Å²) >= 11 is 1.21. The Morgan fingerprint density at radius 1 is 1.26 bits per heavy atom. The lowest BCUT2D eigenvalue weighted by Gasteiger charge is -2.11. The van der Waals surface area contributed by atoms with E-state index in [4.69, 9.17) is 9.26 Å². The second-order valence-electron chi connectivity index (χ2n) is 6.61. The number of ether oxygens (including phenoxy) is 1. The number of amides is 2. The fraction of sp³-hybridized carbons (Fsp3) is 0.238. The SMILES string of the molecule is Cc1cc(NC(=O)C(C)SCC(=O)NCc2ccc(Oc3cccc(F)c3)nc2)no1. The largest absolute Gasteiger partial charge is 0.439 e. The molecule has 2 amide bonds. The first-order valence-corrected chi connectivity index (χ1v) is 10.4. The minimum atomic E-state index is -0.441. The standard InChI is InChI=1S/C21H21FN4O4S/c1-13-8-18(26-30-13)25-21(28)14(2)31-12-19(27)23-10-15-6-7-20(24-11-15)29-17-5-3-4-16(22)9-17/h3-9,11,14H,10,12H2,1-2H3,(H,23,27)(H,25,26,28). The Labute approximate surface area is 182 Å². The Bertz CT molecular complexity index is 1040. The summed E-state index contributed by atoms with van der Waals surface area (Å²) < 4.78 is 23.6. The highest BCUT2D eigenvalue weighted by atomic mass is 32.2. The normalized spacial score (nSPS) is 11.6. The maximum Gasteiger partial charge on any atom is 0.238 e. The van der Waals surface area contributed by atoms with Crippen LogP contribution >= 0.6 is 11.8 Å². The monoisotopic (exact) mass is 444 g/mol. The third-order valence-corrected chi connectivity index (χ3v) is 5.16. The van der Waals surface area contributed by atoms with E-state index in [2.05, 4.69) is 20.8 Å². The molecule has 0 aliphatic heterocycles. The zero-order valence-corrected chi connectivity index (χ0v) is 17.7. The molecule has 162 valence electrons. The first kappa shape index (κ1) is 22.3. The van der Waals surface area contributed by atoms with Crippen LogP contribution in [0.25, 0.3) is 0 Å². The third-order valence-electron chi connectivity index (χ3n) is 4.02. The average molecular weight is 444 g/mol. The topological polar surface area (TPSA) is 106 Å². The van der Waals surface area contributed by atoms with E-state index < -0.39 is 11.1 Å². The average Bonchev–Trinajstić information content (AvgIpc) is 3.16. The smallest absolute Gasteiger partial charge is 0.238 e. The minimum absolute atomic E-state index is 0.126. The predicted molar refractivity (Wildman–Crippen MR) is 114 cm³/mol. The number of hydrogen-bond acceptors (Lipinski definition) is 7. The van der Waals surface area contributed by atoms with Crippen molar-refractivity contribution in [1.82, 2.24) is 15.5 Å². The first-order valence-electron chi connectivity index (χ1n) is 9.40. The van der Waals surface area contributed by atoms with Crippen LogP contribution in [0.3, 0.4) is 0 Å². The van der Waals surface area contributed by atoms with Gasteiger partial charge in [-0.05, 0) is 31.5 Å². The molecular weight excluding hydrogens is 423 g/mol. The fourth-order valence-corrected chi connectivity index (χ4v) is 3.12. The molecule has 0 aliphatic rings. The number of nitrogens with one attached hydrogen (secondary N) is 2. The van der Waals surface area contributed by atoms with Gasteiger partial charge in [0.15, 0.2) is 5.82 Å². The lowest BCUT2D eigenvalue weighted by Crippen LogP contribution is -2.28. The second kappa shape index (κ2) is 10.6. The molecule has 10 heteroatoms. The number of anilines is 1. The summed E-state index contributed by atoms with van der Waals surface area (Å²) in [5, 5.41) is 8.67. The molecule has 2 aromatic heterocycles. The number of thioether (sulfide) groups is 1. The summed E-state index contributed by atoms with van der Waals surface area (Å²) in [6.07, 6.45) is 1.57. The summed E-state index contributed by atoms with van der Waals surface area (Å²) in [5.74, 6) is 0.872. The maximum atomic E-state index is 13.2. The fourth-order valence-electron chi connectivity index (χ4n) is 2.41. The second-order valence-corrected chi connectivity index (χ2v) is 7.94. The first-order chi connectivity index (χ1) is 14.9. The van der Waals surface area contributed by atoms with E-state index in [0.29, 0.717) is 23.2 Å². The number of carbonyl (C=O) groups is 2. The highest BCUT2D eigenvalue weighted by Crippen LogP contribution is 2.20. The molecule has 1 unspecified atom stereocenters. The van der Waals surface area contributed by atoms with Crippen LogP contribution in [0.15, 0.2) is 53.2 Å². The van der Waals surface area contributed by atoms with Crippen LogP contribution in [0.2, 0.25) is 0 Å². The van der Waals surface area contributed by atoms with E-state index in [1.165, 1.54) is 23.9 Å². The third kappa shape index (κ3) is 7.10. The molecule has 3 aromatic rings. The van der Waals surface area contributed by atoms with Crippen LogP contribution in [0.4, 0.5) is 10.2 Å². The molecule has 31 heavy (non-hydrogen) atoms. The van der Waals surface area contributed by atoms with Gasteiger partial charge in [-0.2, -0.15) is 0 Å². The van der Waals surface area contributed by atoms with Crippen molar-refractivity contribution in [3.05, 3.63) is 65.8 Å². The number of halogens is 1. The van der Waals surface area contributed by atoms with Gasteiger partial charge in [-0.15, -0.1) is 11.8 Å². The van der Waals surface area contributed by atoms with E-state index in [9.17, 15) is 14.0 Å². The van der Waals surface area contributed by atoms with Gasteiger partial charge in [0.2, 0.25) is 17.7 Å². The number of aryl methyl sites for hydroxylation is 1. The van der Waals surface area contributed by atoms with Crippen molar-refractivity contribution in [1.29, 1.82) is 0 Å². The van der Waals surface area contributed by atoms with Crippen molar-refractivity contribution >= 4 is 29.4 Å². The molecule has 2 N–H and O–H groups in total. The molecule has 0 aliphatic carbocycles. The zero-order valence-electron chi connectivity index (χ0n) is 16.9. The van der Waals surface area contributed by atoms with Crippen molar-refractivity contribution in [2.45, 2.75) is 25.6 Å². The van der Waals surface area contributed by atoms with Crippen molar-refractivity contribution in [2.24, 2.45) is 0 Å². The van der Waals surface area contributed by atoms with E-state index in [1.54, 1.807) is 50.4 Å². The van der Waals surface area contributed by atoms with E-state index in [1.807, 2.05) is 0 Å². The van der Waals surface area contributed by atoms with Gasteiger partial charge in [-0.3, -0.25) is 9.59 Å². The molecule has 0 saturated carbocycles. The Morgan fingerprint density at radius 2 is 2.10 bits per heavy atom. The molecule has 3 rings (SSSR count). The number of pyridine rings is 1. The van der Waals surface area contributed by atoms with Gasteiger partial charge in [0.25, 0.3) is 0 Å². The zero-order chi connectivity index (χ0) is 22.2. The van der Waals surface area contributed by atoms with Crippen molar-refractivity contribution < 1.29 is 23.2 Å². The van der Waals surface area contributed by atoms with Gasteiger partial charge >= 0.3 is 0 Å². The molecule has 0 saturated heterocycles. The van der Waals surface area contributed by atoms with Crippen LogP contribution in [0.1, 0.15) is 18.2 Å². The molecule has 0 fully saturated rings. The predicted octanol–water partition coefficient (Wildman–Crippen LogP) is 3.69. The van der Waals surface area contributed by atoms with Crippen LogP contribution in [-0.2, 0) is 16.1 Å².